The summed E-state index contributed by atoms with van der Waals surface area (Å²) in [4.78, 5) is 12.6. The van der Waals surface area contributed by atoms with E-state index in [0.717, 1.165) is 34.6 Å². The lowest BCUT2D eigenvalue weighted by molar-refractivity contribution is -0.112. The summed E-state index contributed by atoms with van der Waals surface area (Å²) in [5.41, 5.74) is 7.17. The highest BCUT2D eigenvalue weighted by molar-refractivity contribution is 6.09. The number of hydrogen-bond acceptors (Lipinski definition) is 2. The van der Waals surface area contributed by atoms with Crippen LogP contribution in [0.2, 0.25) is 0 Å². The van der Waals surface area contributed by atoms with Crippen molar-refractivity contribution in [3.63, 3.8) is 0 Å². The first-order valence-electron chi connectivity index (χ1n) is 9.71. The van der Waals surface area contributed by atoms with E-state index in [1.54, 1.807) is 6.08 Å². The maximum Gasteiger partial charge on any atom is 0.266 e. The van der Waals surface area contributed by atoms with Crippen LogP contribution < -0.4 is 5.32 Å². The molecule has 1 aromatic heterocycles. The van der Waals surface area contributed by atoms with Crippen LogP contribution in [0.4, 0.5) is 5.69 Å². The standard InChI is InChI=1S/C25H25N3O/c1-5-20-8-6-7-9-24(20)28-18(3)14-21(19(28)4)15-22(16-26)25(29)27-23-12-10-17(2)11-13-23/h6-15H,5H2,1-4H3,(H,27,29). The molecular formula is C25H25N3O. The molecule has 146 valence electrons. The Hall–Kier alpha value is -3.58. The first-order chi connectivity index (χ1) is 13.9. The first kappa shape index (κ1) is 20.2. The number of aromatic nitrogens is 1. The molecule has 0 unspecified atom stereocenters. The van der Waals surface area contributed by atoms with Crippen molar-refractivity contribution in [3.8, 4) is 11.8 Å². The van der Waals surface area contributed by atoms with Gasteiger partial charge in [-0.1, -0.05) is 42.8 Å². The van der Waals surface area contributed by atoms with E-state index in [1.807, 2.05) is 69.3 Å². The molecule has 4 heteroatoms. The molecule has 0 aliphatic carbocycles. The molecule has 4 nitrogen and oxygen atoms in total. The summed E-state index contributed by atoms with van der Waals surface area (Å²) >= 11 is 0. The zero-order valence-electron chi connectivity index (χ0n) is 17.3. The van der Waals surface area contributed by atoms with Gasteiger partial charge in [0.15, 0.2) is 0 Å². The Bertz CT molecular complexity index is 1110. The minimum Gasteiger partial charge on any atom is -0.321 e. The maximum atomic E-state index is 12.6. The lowest BCUT2D eigenvalue weighted by atomic mass is 10.1. The third kappa shape index (κ3) is 4.30. The summed E-state index contributed by atoms with van der Waals surface area (Å²) in [6.45, 7) is 8.17. The van der Waals surface area contributed by atoms with E-state index >= 15 is 0 Å². The molecular weight excluding hydrogens is 358 g/mol. The lowest BCUT2D eigenvalue weighted by Crippen LogP contribution is -2.13. The van der Waals surface area contributed by atoms with Crippen LogP contribution in [-0.4, -0.2) is 10.5 Å². The van der Waals surface area contributed by atoms with Crippen LogP contribution in [0.5, 0.6) is 0 Å². The average Bonchev–Trinajstić information content (AvgIpc) is 3.00. The number of rotatable bonds is 5. The van der Waals surface area contributed by atoms with Gasteiger partial charge in [-0.25, -0.2) is 0 Å². The van der Waals surface area contributed by atoms with Crippen LogP contribution in [0, 0.1) is 32.1 Å². The fourth-order valence-electron chi connectivity index (χ4n) is 3.47. The van der Waals surface area contributed by atoms with Gasteiger partial charge in [0.05, 0.1) is 0 Å². The number of aryl methyl sites for hydroxylation is 3. The van der Waals surface area contributed by atoms with E-state index in [2.05, 4.69) is 28.9 Å². The van der Waals surface area contributed by atoms with Crippen molar-refractivity contribution in [3.05, 3.63) is 88.2 Å². The van der Waals surface area contributed by atoms with Crippen LogP contribution in [0.1, 0.15) is 35.0 Å². The second-order valence-corrected chi connectivity index (χ2v) is 7.13. The summed E-state index contributed by atoms with van der Waals surface area (Å²) in [6.07, 6.45) is 2.59. The minimum absolute atomic E-state index is 0.0783. The van der Waals surface area contributed by atoms with Gasteiger partial charge in [-0.05, 0) is 68.7 Å². The molecule has 0 saturated heterocycles. The Balaban J connectivity index is 1.95. The van der Waals surface area contributed by atoms with Crippen molar-refractivity contribution in [1.82, 2.24) is 4.57 Å². The quantitative estimate of drug-likeness (QED) is 0.466. The predicted octanol–water partition coefficient (Wildman–Crippen LogP) is 5.51. The van der Waals surface area contributed by atoms with Crippen molar-refractivity contribution < 1.29 is 4.79 Å². The SMILES string of the molecule is CCc1ccccc1-n1c(C)cc(C=C(C#N)C(=O)Nc2ccc(C)cc2)c1C. The normalized spacial score (nSPS) is 11.2. The molecule has 0 saturated carbocycles. The molecule has 0 aliphatic rings. The van der Waals surface area contributed by atoms with Crippen molar-refractivity contribution in [1.29, 1.82) is 5.26 Å². The zero-order chi connectivity index (χ0) is 21.0. The smallest absolute Gasteiger partial charge is 0.266 e. The van der Waals surface area contributed by atoms with Crippen LogP contribution in [0.15, 0.2) is 60.2 Å². The van der Waals surface area contributed by atoms with Crippen molar-refractivity contribution >= 4 is 17.7 Å². The maximum absolute atomic E-state index is 12.6. The Morgan fingerprint density at radius 1 is 1.10 bits per heavy atom. The summed E-state index contributed by atoms with van der Waals surface area (Å²) < 4.78 is 2.18. The number of para-hydroxylation sites is 1. The number of amides is 1. The predicted molar refractivity (Wildman–Crippen MR) is 118 cm³/mol. The van der Waals surface area contributed by atoms with Gasteiger partial charge < -0.3 is 9.88 Å². The molecule has 0 fully saturated rings. The largest absolute Gasteiger partial charge is 0.321 e. The molecule has 0 atom stereocenters. The fraction of sp³-hybridized carbons (Fsp3) is 0.200. The number of hydrogen-bond donors (Lipinski definition) is 1. The van der Waals surface area contributed by atoms with Crippen LogP contribution in [0.25, 0.3) is 11.8 Å². The highest BCUT2D eigenvalue weighted by atomic mass is 16.1. The monoisotopic (exact) mass is 383 g/mol. The Labute approximate surface area is 172 Å². The van der Waals surface area contributed by atoms with Crippen molar-refractivity contribution in [2.75, 3.05) is 5.32 Å². The molecule has 1 amide bonds. The van der Waals surface area contributed by atoms with Crippen LogP contribution >= 0.6 is 0 Å². The third-order valence-electron chi connectivity index (χ3n) is 5.06. The number of nitriles is 1. The van der Waals surface area contributed by atoms with Gasteiger partial charge in [-0.2, -0.15) is 5.26 Å². The van der Waals surface area contributed by atoms with Crippen LogP contribution in [-0.2, 0) is 11.2 Å². The first-order valence-corrected chi connectivity index (χ1v) is 9.71. The van der Waals surface area contributed by atoms with Crippen LogP contribution in [0.3, 0.4) is 0 Å². The fourth-order valence-corrected chi connectivity index (χ4v) is 3.47. The van der Waals surface area contributed by atoms with Gasteiger partial charge in [0.1, 0.15) is 11.6 Å². The van der Waals surface area contributed by atoms with E-state index in [4.69, 9.17) is 0 Å². The molecule has 3 rings (SSSR count). The Kier molecular flexibility index (Phi) is 5.99. The molecule has 0 radical (unpaired) electrons. The van der Waals surface area contributed by atoms with Crippen molar-refractivity contribution in [2.45, 2.75) is 34.1 Å². The molecule has 1 heterocycles. The zero-order valence-corrected chi connectivity index (χ0v) is 17.3. The number of carbonyl (C=O) groups is 1. The molecule has 0 bridgehead atoms. The van der Waals surface area contributed by atoms with E-state index < -0.39 is 5.91 Å². The summed E-state index contributed by atoms with van der Waals surface area (Å²) in [7, 11) is 0. The van der Waals surface area contributed by atoms with Gasteiger partial charge in [-0.15, -0.1) is 0 Å². The van der Waals surface area contributed by atoms with E-state index in [1.165, 1.54) is 5.56 Å². The highest BCUT2D eigenvalue weighted by Crippen LogP contribution is 2.25. The molecule has 2 aromatic carbocycles. The number of anilines is 1. The van der Waals surface area contributed by atoms with Gasteiger partial charge in [0, 0.05) is 22.8 Å². The van der Waals surface area contributed by atoms with E-state index in [0.29, 0.717) is 5.69 Å². The molecule has 29 heavy (non-hydrogen) atoms. The number of carbonyl (C=O) groups excluding carboxylic acids is 1. The Morgan fingerprint density at radius 3 is 2.45 bits per heavy atom. The second kappa shape index (κ2) is 8.62. The van der Waals surface area contributed by atoms with Gasteiger partial charge in [-0.3, -0.25) is 4.79 Å². The lowest BCUT2D eigenvalue weighted by Gasteiger charge is -2.14. The van der Waals surface area contributed by atoms with Gasteiger partial charge in [0.25, 0.3) is 5.91 Å². The summed E-state index contributed by atoms with van der Waals surface area (Å²) in [6, 6.07) is 19.8. The molecule has 0 aliphatic heterocycles. The van der Waals surface area contributed by atoms with E-state index in [9.17, 15) is 10.1 Å². The van der Waals surface area contributed by atoms with Gasteiger partial charge in [0.2, 0.25) is 0 Å². The van der Waals surface area contributed by atoms with Crippen molar-refractivity contribution in [2.24, 2.45) is 0 Å². The summed E-state index contributed by atoms with van der Waals surface area (Å²) in [5.74, 6) is -0.407. The van der Waals surface area contributed by atoms with E-state index in [-0.39, 0.29) is 5.57 Å². The number of benzene rings is 2. The summed E-state index contributed by atoms with van der Waals surface area (Å²) in [5, 5.41) is 12.4. The topological polar surface area (TPSA) is 57.8 Å². The van der Waals surface area contributed by atoms with Gasteiger partial charge >= 0.3 is 0 Å². The molecule has 3 aromatic rings. The third-order valence-corrected chi connectivity index (χ3v) is 5.06. The molecule has 1 N–H and O–H groups in total. The average molecular weight is 383 g/mol. The Morgan fingerprint density at radius 2 is 1.79 bits per heavy atom. The molecule has 0 spiro atoms. The second-order valence-electron chi connectivity index (χ2n) is 7.13. The number of nitrogens with zero attached hydrogens (tertiary/aromatic N) is 2. The number of nitrogens with one attached hydrogen (secondary N) is 1. The highest BCUT2D eigenvalue weighted by Gasteiger charge is 2.15. The minimum atomic E-state index is -0.407.